The molecule has 1 N–H and O–H groups in total. The molecule has 2 nitrogen and oxygen atoms in total. The molecule has 3 aliphatic carbocycles. The molecule has 0 aromatic heterocycles. The number of rotatable bonds is 3. The van der Waals surface area contributed by atoms with Crippen molar-refractivity contribution in [1.29, 1.82) is 0 Å². The van der Waals surface area contributed by atoms with Crippen LogP contribution in [0, 0.1) is 16.7 Å². The van der Waals surface area contributed by atoms with Gasteiger partial charge in [0.15, 0.2) is 0 Å². The molecule has 0 aliphatic heterocycles. The molecule has 0 spiro atoms. The summed E-state index contributed by atoms with van der Waals surface area (Å²) < 4.78 is 5.50. The molecule has 0 radical (unpaired) electrons. The van der Waals surface area contributed by atoms with Gasteiger partial charge in [-0.1, -0.05) is 20.8 Å². The SMILES string of the molecule is COC1CCC(NC2C3(C)CCC(C3)C2(C)C)C1. The summed E-state index contributed by atoms with van der Waals surface area (Å²) in [7, 11) is 1.86. The minimum absolute atomic E-state index is 0.484. The summed E-state index contributed by atoms with van der Waals surface area (Å²) >= 11 is 0. The van der Waals surface area contributed by atoms with E-state index >= 15 is 0 Å². The van der Waals surface area contributed by atoms with Gasteiger partial charge in [-0.2, -0.15) is 0 Å². The van der Waals surface area contributed by atoms with Crippen molar-refractivity contribution in [1.82, 2.24) is 5.32 Å². The lowest BCUT2D eigenvalue weighted by atomic mass is 9.68. The van der Waals surface area contributed by atoms with E-state index in [0.717, 1.165) is 5.92 Å². The van der Waals surface area contributed by atoms with Crippen LogP contribution in [-0.2, 0) is 4.74 Å². The molecule has 104 valence electrons. The summed E-state index contributed by atoms with van der Waals surface area (Å²) in [5, 5.41) is 4.02. The van der Waals surface area contributed by atoms with Gasteiger partial charge < -0.3 is 10.1 Å². The number of ether oxygens (including phenoxy) is 1. The van der Waals surface area contributed by atoms with Crippen LogP contribution < -0.4 is 5.32 Å². The molecule has 0 saturated heterocycles. The van der Waals surface area contributed by atoms with Crippen LogP contribution in [0.5, 0.6) is 0 Å². The summed E-state index contributed by atoms with van der Waals surface area (Å²) in [6.07, 6.45) is 8.57. The molecular weight excluding hydrogens is 222 g/mol. The Kier molecular flexibility index (Phi) is 3.02. The van der Waals surface area contributed by atoms with Gasteiger partial charge in [-0.05, 0) is 55.3 Å². The molecule has 0 aromatic rings. The molecule has 3 saturated carbocycles. The minimum Gasteiger partial charge on any atom is -0.381 e. The third kappa shape index (κ3) is 1.84. The van der Waals surface area contributed by atoms with Gasteiger partial charge in [-0.25, -0.2) is 0 Å². The molecule has 2 heteroatoms. The number of hydrogen-bond acceptors (Lipinski definition) is 2. The van der Waals surface area contributed by atoms with Gasteiger partial charge in [0.2, 0.25) is 0 Å². The van der Waals surface area contributed by atoms with E-state index in [1.54, 1.807) is 0 Å². The first-order valence-electron chi connectivity index (χ1n) is 7.74. The van der Waals surface area contributed by atoms with Crippen molar-refractivity contribution >= 4 is 0 Å². The fraction of sp³-hybridized carbons (Fsp3) is 1.00. The van der Waals surface area contributed by atoms with Crippen LogP contribution in [0.15, 0.2) is 0 Å². The summed E-state index contributed by atoms with van der Waals surface area (Å²) in [6.45, 7) is 7.49. The van der Waals surface area contributed by atoms with E-state index in [-0.39, 0.29) is 0 Å². The van der Waals surface area contributed by atoms with Crippen LogP contribution in [0.4, 0.5) is 0 Å². The molecule has 5 atom stereocenters. The Morgan fingerprint density at radius 3 is 2.44 bits per heavy atom. The monoisotopic (exact) mass is 251 g/mol. The molecule has 3 aliphatic rings. The summed E-state index contributed by atoms with van der Waals surface area (Å²) in [5.41, 5.74) is 1.04. The van der Waals surface area contributed by atoms with E-state index in [2.05, 4.69) is 26.1 Å². The topological polar surface area (TPSA) is 21.3 Å². The van der Waals surface area contributed by atoms with Crippen LogP contribution in [0.3, 0.4) is 0 Å². The molecule has 2 bridgehead atoms. The average Bonchev–Trinajstić information content (AvgIpc) is 2.95. The number of methoxy groups -OCH3 is 1. The molecular formula is C16H29NO. The molecule has 3 rings (SSSR count). The Hall–Kier alpha value is -0.0800. The van der Waals surface area contributed by atoms with E-state index in [1.165, 1.54) is 38.5 Å². The number of hydrogen-bond donors (Lipinski definition) is 1. The van der Waals surface area contributed by atoms with Crippen LogP contribution in [-0.4, -0.2) is 25.3 Å². The van der Waals surface area contributed by atoms with Crippen molar-refractivity contribution in [2.75, 3.05) is 7.11 Å². The highest BCUT2D eigenvalue weighted by molar-refractivity contribution is 5.12. The Balaban J connectivity index is 1.69. The van der Waals surface area contributed by atoms with E-state index in [9.17, 15) is 0 Å². The fourth-order valence-corrected chi connectivity index (χ4v) is 5.26. The van der Waals surface area contributed by atoms with Gasteiger partial charge in [-0.3, -0.25) is 0 Å². The Morgan fingerprint density at radius 2 is 1.89 bits per heavy atom. The number of fused-ring (bicyclic) bond motifs is 2. The van der Waals surface area contributed by atoms with Crippen LogP contribution in [0.1, 0.15) is 59.3 Å². The first-order chi connectivity index (χ1) is 8.45. The largest absolute Gasteiger partial charge is 0.381 e. The smallest absolute Gasteiger partial charge is 0.0586 e. The quantitative estimate of drug-likeness (QED) is 0.830. The number of nitrogens with one attached hydrogen (secondary N) is 1. The van der Waals surface area contributed by atoms with Gasteiger partial charge in [0.05, 0.1) is 6.10 Å². The predicted octanol–water partition coefficient (Wildman–Crippen LogP) is 3.36. The summed E-state index contributed by atoms with van der Waals surface area (Å²) in [6, 6.07) is 1.40. The Bertz CT molecular complexity index is 322. The Labute approximate surface area is 112 Å². The summed E-state index contributed by atoms with van der Waals surface area (Å²) in [4.78, 5) is 0. The van der Waals surface area contributed by atoms with Gasteiger partial charge in [-0.15, -0.1) is 0 Å². The zero-order valence-corrected chi connectivity index (χ0v) is 12.5. The average molecular weight is 251 g/mol. The van der Waals surface area contributed by atoms with Crippen molar-refractivity contribution in [2.45, 2.75) is 77.5 Å². The van der Waals surface area contributed by atoms with Gasteiger partial charge in [0.1, 0.15) is 0 Å². The third-order valence-corrected chi connectivity index (χ3v) is 6.39. The van der Waals surface area contributed by atoms with E-state index in [4.69, 9.17) is 4.74 Å². The van der Waals surface area contributed by atoms with E-state index in [1.807, 2.05) is 7.11 Å². The zero-order chi connectivity index (χ0) is 13.0. The molecule has 3 fully saturated rings. The Morgan fingerprint density at radius 1 is 1.11 bits per heavy atom. The maximum atomic E-state index is 5.50. The maximum Gasteiger partial charge on any atom is 0.0586 e. The second-order valence-electron chi connectivity index (χ2n) is 7.88. The first-order valence-corrected chi connectivity index (χ1v) is 7.74. The molecule has 0 amide bonds. The van der Waals surface area contributed by atoms with Crippen molar-refractivity contribution in [3.05, 3.63) is 0 Å². The molecule has 18 heavy (non-hydrogen) atoms. The van der Waals surface area contributed by atoms with Gasteiger partial charge >= 0.3 is 0 Å². The lowest BCUT2D eigenvalue weighted by Crippen LogP contribution is -2.53. The fourth-order valence-electron chi connectivity index (χ4n) is 5.26. The highest BCUT2D eigenvalue weighted by atomic mass is 16.5. The maximum absolute atomic E-state index is 5.50. The van der Waals surface area contributed by atoms with Crippen molar-refractivity contribution in [3.8, 4) is 0 Å². The second-order valence-corrected chi connectivity index (χ2v) is 7.88. The summed E-state index contributed by atoms with van der Waals surface area (Å²) in [5.74, 6) is 0.944. The van der Waals surface area contributed by atoms with Crippen LogP contribution in [0.2, 0.25) is 0 Å². The lowest BCUT2D eigenvalue weighted by Gasteiger charge is -2.44. The van der Waals surface area contributed by atoms with Crippen LogP contribution >= 0.6 is 0 Å². The highest BCUT2D eigenvalue weighted by Gasteiger charge is 2.59. The lowest BCUT2D eigenvalue weighted by molar-refractivity contribution is 0.0867. The highest BCUT2D eigenvalue weighted by Crippen LogP contribution is 2.62. The normalized spacial score (nSPS) is 50.0. The predicted molar refractivity (Wildman–Crippen MR) is 74.6 cm³/mol. The minimum atomic E-state index is 0.484. The second kappa shape index (κ2) is 4.21. The third-order valence-electron chi connectivity index (χ3n) is 6.39. The zero-order valence-electron chi connectivity index (χ0n) is 12.5. The molecule has 0 aromatic carbocycles. The van der Waals surface area contributed by atoms with E-state index < -0.39 is 0 Å². The van der Waals surface area contributed by atoms with E-state index in [0.29, 0.717) is 29.0 Å². The standard InChI is InChI=1S/C16H29NO/c1-15(2)11-7-8-16(3,10-11)14(15)17-12-5-6-13(9-12)18-4/h11-14,17H,5-10H2,1-4H3. The van der Waals surface area contributed by atoms with Gasteiger partial charge in [0, 0.05) is 19.2 Å². The molecule has 0 heterocycles. The molecule has 5 unspecified atom stereocenters. The van der Waals surface area contributed by atoms with Crippen molar-refractivity contribution < 1.29 is 4.74 Å². The van der Waals surface area contributed by atoms with Crippen LogP contribution in [0.25, 0.3) is 0 Å². The first kappa shape index (κ1) is 12.9. The van der Waals surface area contributed by atoms with Crippen molar-refractivity contribution in [2.24, 2.45) is 16.7 Å². The van der Waals surface area contributed by atoms with Crippen molar-refractivity contribution in [3.63, 3.8) is 0 Å². The van der Waals surface area contributed by atoms with Gasteiger partial charge in [0.25, 0.3) is 0 Å².